The molecule has 1 spiro atoms. The lowest BCUT2D eigenvalue weighted by atomic mass is 10.2. The van der Waals surface area contributed by atoms with Crippen molar-refractivity contribution in [1.82, 2.24) is 9.97 Å². The highest BCUT2D eigenvalue weighted by molar-refractivity contribution is 6.34. The van der Waals surface area contributed by atoms with Crippen molar-refractivity contribution < 1.29 is 19.3 Å². The van der Waals surface area contributed by atoms with E-state index in [1.54, 1.807) is 0 Å². The van der Waals surface area contributed by atoms with E-state index < -0.39 is 5.79 Å². The zero-order valence-electron chi connectivity index (χ0n) is 14.2. The Morgan fingerprint density at radius 1 is 1.23 bits per heavy atom. The van der Waals surface area contributed by atoms with Crippen molar-refractivity contribution in [3.8, 4) is 0 Å². The largest absolute Gasteiger partial charge is 0.394 e. The Balaban J connectivity index is 1.56. The van der Waals surface area contributed by atoms with Crippen molar-refractivity contribution in [2.45, 2.75) is 62.2 Å². The van der Waals surface area contributed by atoms with E-state index in [0.717, 1.165) is 25.7 Å². The number of anilines is 2. The van der Waals surface area contributed by atoms with Gasteiger partial charge in [0.05, 0.1) is 25.4 Å². The summed E-state index contributed by atoms with van der Waals surface area (Å²) in [7, 11) is 0. The Kier molecular flexibility index (Phi) is 5.15. The summed E-state index contributed by atoms with van der Waals surface area (Å²) < 4.78 is 18.5. The van der Waals surface area contributed by atoms with Gasteiger partial charge in [-0.1, -0.05) is 11.6 Å². The summed E-state index contributed by atoms with van der Waals surface area (Å²) in [4.78, 5) is 7.98. The van der Waals surface area contributed by atoms with Crippen LogP contribution in [-0.4, -0.2) is 58.4 Å². The molecular weight excluding hydrogens is 383 g/mol. The molecule has 144 valence electrons. The monoisotopic (exact) mass is 404 g/mol. The average Bonchev–Trinajstić information content (AvgIpc) is 3.29. The summed E-state index contributed by atoms with van der Waals surface area (Å²) in [6.07, 6.45) is 3.98. The molecule has 2 heterocycles. The van der Waals surface area contributed by atoms with Gasteiger partial charge in [0.2, 0.25) is 5.28 Å². The molecule has 4 N–H and O–H groups in total. The molecule has 0 amide bonds. The molecule has 3 fully saturated rings. The Morgan fingerprint density at radius 3 is 2.69 bits per heavy atom. The Bertz CT molecular complexity index is 674. The number of halogens is 2. The fraction of sp³-hybridized carbons (Fsp3) is 0.750. The predicted octanol–water partition coefficient (Wildman–Crippen LogP) is 1.98. The smallest absolute Gasteiger partial charge is 0.225 e. The van der Waals surface area contributed by atoms with Crippen molar-refractivity contribution in [1.29, 1.82) is 0 Å². The zero-order chi connectivity index (χ0) is 18.3. The van der Waals surface area contributed by atoms with Gasteiger partial charge >= 0.3 is 0 Å². The van der Waals surface area contributed by atoms with Gasteiger partial charge in [0.1, 0.15) is 17.9 Å². The maximum Gasteiger partial charge on any atom is 0.225 e. The molecule has 10 heteroatoms. The third-order valence-electron chi connectivity index (χ3n) is 5.26. The average molecular weight is 405 g/mol. The quantitative estimate of drug-likeness (QED) is 0.504. The molecular formula is C16H22Cl2N4O4. The normalized spacial score (nSPS) is 32.3. The minimum Gasteiger partial charge on any atom is -0.394 e. The van der Waals surface area contributed by atoms with Crippen molar-refractivity contribution in [2.24, 2.45) is 0 Å². The Hall–Kier alpha value is -0.900. The molecule has 1 aromatic rings. The van der Waals surface area contributed by atoms with Crippen molar-refractivity contribution >= 4 is 34.7 Å². The first-order valence-corrected chi connectivity index (χ1v) is 9.60. The second kappa shape index (κ2) is 7.26. The van der Waals surface area contributed by atoms with Crippen LogP contribution >= 0.6 is 23.2 Å². The minimum atomic E-state index is -0.525. The van der Waals surface area contributed by atoms with Gasteiger partial charge in [0, 0.05) is 12.8 Å². The van der Waals surface area contributed by atoms with Gasteiger partial charge < -0.3 is 30.4 Å². The summed E-state index contributed by atoms with van der Waals surface area (Å²) in [6.45, 7) is 0.215. The number of ether oxygens (including phenoxy) is 3. The van der Waals surface area contributed by atoms with Crippen molar-refractivity contribution in [3.05, 3.63) is 10.4 Å². The molecule has 2 aliphatic carbocycles. The molecule has 0 unspecified atom stereocenters. The minimum absolute atomic E-state index is 0.0187. The summed E-state index contributed by atoms with van der Waals surface area (Å²) in [6, 6.07) is -0.131. The summed E-state index contributed by atoms with van der Waals surface area (Å²) in [5.41, 5.74) is 6.22. The van der Waals surface area contributed by atoms with E-state index in [2.05, 4.69) is 15.3 Å². The maximum absolute atomic E-state index is 9.10. The number of rotatable bonds is 5. The van der Waals surface area contributed by atoms with Gasteiger partial charge in [-0.15, -0.1) is 0 Å². The van der Waals surface area contributed by atoms with Crippen LogP contribution in [0.1, 0.15) is 32.1 Å². The lowest BCUT2D eigenvalue weighted by molar-refractivity contribution is -0.187. The van der Waals surface area contributed by atoms with Crippen LogP contribution in [0.4, 0.5) is 11.5 Å². The van der Waals surface area contributed by atoms with Crippen LogP contribution in [0.2, 0.25) is 10.4 Å². The highest BCUT2D eigenvalue weighted by Gasteiger charge is 2.58. The number of hydrogen-bond donors (Lipinski definition) is 3. The number of nitrogens with one attached hydrogen (secondary N) is 1. The zero-order valence-corrected chi connectivity index (χ0v) is 15.7. The number of fused-ring (bicyclic) bond motifs is 1. The van der Waals surface area contributed by atoms with Crippen LogP contribution in [0.15, 0.2) is 0 Å². The van der Waals surface area contributed by atoms with Gasteiger partial charge in [-0.2, -0.15) is 4.98 Å². The van der Waals surface area contributed by atoms with E-state index in [0.29, 0.717) is 12.2 Å². The first kappa shape index (κ1) is 18.5. The van der Waals surface area contributed by atoms with Crippen LogP contribution in [0.5, 0.6) is 0 Å². The van der Waals surface area contributed by atoms with E-state index in [4.69, 9.17) is 48.3 Å². The van der Waals surface area contributed by atoms with Crippen molar-refractivity contribution in [2.75, 3.05) is 24.3 Å². The lowest BCUT2D eigenvalue weighted by Crippen LogP contribution is -2.35. The summed E-state index contributed by atoms with van der Waals surface area (Å²) >= 11 is 11.9. The van der Waals surface area contributed by atoms with Crippen LogP contribution in [0.3, 0.4) is 0 Å². The number of hydrogen-bond acceptors (Lipinski definition) is 8. The van der Waals surface area contributed by atoms with E-state index in [1.165, 1.54) is 0 Å². The number of aliphatic hydroxyl groups is 1. The van der Waals surface area contributed by atoms with Gasteiger partial charge in [-0.05, 0) is 30.9 Å². The number of nitrogen functional groups attached to an aromatic ring is 1. The molecule has 1 saturated heterocycles. The Labute approximate surface area is 161 Å². The molecule has 3 aliphatic rings. The van der Waals surface area contributed by atoms with Gasteiger partial charge in [0.15, 0.2) is 16.8 Å². The van der Waals surface area contributed by atoms with Crippen LogP contribution in [-0.2, 0) is 14.2 Å². The van der Waals surface area contributed by atoms with Gasteiger partial charge in [0.25, 0.3) is 0 Å². The SMILES string of the molecule is Nc1c(Cl)nc(Cl)nc1N[C@@H]1C[C@H](OCCO)[C@H]2OC3(CCCC3)O[C@H]21. The van der Waals surface area contributed by atoms with E-state index in [9.17, 15) is 0 Å². The second-order valence-electron chi connectivity index (χ2n) is 6.95. The topological polar surface area (TPSA) is 112 Å². The molecule has 0 radical (unpaired) electrons. The fourth-order valence-electron chi connectivity index (χ4n) is 4.13. The third-order valence-corrected chi connectivity index (χ3v) is 5.71. The molecule has 0 aromatic carbocycles. The van der Waals surface area contributed by atoms with Crippen LogP contribution < -0.4 is 11.1 Å². The molecule has 4 atom stereocenters. The van der Waals surface area contributed by atoms with Crippen LogP contribution in [0.25, 0.3) is 0 Å². The lowest BCUT2D eigenvalue weighted by Gasteiger charge is -2.27. The highest BCUT2D eigenvalue weighted by atomic mass is 35.5. The third kappa shape index (κ3) is 3.34. The molecule has 2 saturated carbocycles. The first-order valence-electron chi connectivity index (χ1n) is 8.84. The number of aromatic nitrogens is 2. The molecule has 8 nitrogen and oxygen atoms in total. The van der Waals surface area contributed by atoms with Gasteiger partial charge in [-0.3, -0.25) is 0 Å². The van der Waals surface area contributed by atoms with E-state index in [-0.39, 0.29) is 53.7 Å². The van der Waals surface area contributed by atoms with Gasteiger partial charge in [-0.25, -0.2) is 4.98 Å². The van der Waals surface area contributed by atoms with Crippen molar-refractivity contribution in [3.63, 3.8) is 0 Å². The highest BCUT2D eigenvalue weighted by Crippen LogP contribution is 2.48. The number of nitrogens with zero attached hydrogens (tertiary/aromatic N) is 2. The molecule has 1 aromatic heterocycles. The van der Waals surface area contributed by atoms with E-state index >= 15 is 0 Å². The maximum atomic E-state index is 9.10. The fourth-order valence-corrected chi connectivity index (χ4v) is 4.52. The number of nitrogens with two attached hydrogens (primary N) is 1. The molecule has 26 heavy (non-hydrogen) atoms. The molecule has 1 aliphatic heterocycles. The van der Waals surface area contributed by atoms with Crippen LogP contribution in [0, 0.1) is 0 Å². The summed E-state index contributed by atoms with van der Waals surface area (Å²) in [5.74, 6) is -0.152. The first-order chi connectivity index (χ1) is 12.5. The second-order valence-corrected chi connectivity index (χ2v) is 7.64. The molecule has 0 bridgehead atoms. The van der Waals surface area contributed by atoms with E-state index in [1.807, 2.05) is 0 Å². The standard InChI is InChI=1S/C16H22Cl2N4O4/c17-13-10(19)14(22-15(18)21-13)20-8-7-9(24-6-5-23)12-11(8)25-16(26-12)3-1-2-4-16/h8-9,11-12,23H,1-7,19H2,(H,20,21,22)/t8-,9+,11+,12-/m1/s1. The molecule has 4 rings (SSSR count). The number of aliphatic hydroxyl groups excluding tert-OH is 1. The Morgan fingerprint density at radius 2 is 1.96 bits per heavy atom. The summed E-state index contributed by atoms with van der Waals surface area (Å²) in [5, 5.41) is 12.5. The predicted molar refractivity (Wildman–Crippen MR) is 96.3 cm³/mol.